The van der Waals surface area contributed by atoms with Gasteiger partial charge < -0.3 is 19.5 Å². The van der Waals surface area contributed by atoms with Crippen molar-refractivity contribution in [3.63, 3.8) is 0 Å². The maximum atomic E-state index is 13.6. The molecule has 6 heteroatoms. The van der Waals surface area contributed by atoms with Gasteiger partial charge in [0.15, 0.2) is 0 Å². The smallest absolute Gasteiger partial charge is 0.322 e. The predicted molar refractivity (Wildman–Crippen MR) is 129 cm³/mol. The summed E-state index contributed by atoms with van der Waals surface area (Å²) < 4.78 is 8.44. The Hall–Kier alpha value is -3.51. The van der Waals surface area contributed by atoms with E-state index in [9.17, 15) is 4.79 Å². The predicted octanol–water partition coefficient (Wildman–Crippen LogP) is 6.39. The minimum Gasteiger partial charge on any atom is -0.497 e. The molecule has 0 fully saturated rings. The van der Waals surface area contributed by atoms with Crippen LogP contribution >= 0.6 is 15.9 Å². The minimum absolute atomic E-state index is 0.159. The van der Waals surface area contributed by atoms with Gasteiger partial charge in [-0.25, -0.2) is 4.79 Å². The Morgan fingerprint density at radius 3 is 2.59 bits per heavy atom. The van der Waals surface area contributed by atoms with E-state index in [2.05, 4.69) is 50.2 Å². The molecule has 0 saturated carbocycles. The highest BCUT2D eigenvalue weighted by atomic mass is 79.9. The molecule has 1 aliphatic rings. The van der Waals surface area contributed by atoms with Crippen LogP contribution in [0, 0.1) is 0 Å². The van der Waals surface area contributed by atoms with Crippen LogP contribution in [0.5, 0.6) is 5.75 Å². The number of nitrogens with zero attached hydrogens (tertiary/aromatic N) is 2. The summed E-state index contributed by atoms with van der Waals surface area (Å²) in [6, 6.07) is 27.4. The van der Waals surface area contributed by atoms with Gasteiger partial charge in [0.2, 0.25) is 0 Å². The van der Waals surface area contributed by atoms with E-state index in [1.165, 1.54) is 0 Å². The van der Waals surface area contributed by atoms with Gasteiger partial charge in [-0.15, -0.1) is 0 Å². The number of carbonyl (C=O) groups excluding carboxylic acids is 1. The van der Waals surface area contributed by atoms with Crippen LogP contribution in [-0.2, 0) is 6.54 Å². The number of urea groups is 1. The summed E-state index contributed by atoms with van der Waals surface area (Å²) in [4.78, 5) is 15.5. The maximum Gasteiger partial charge on any atom is 0.322 e. The number of aromatic nitrogens is 1. The number of amides is 2. The average molecular weight is 488 g/mol. The number of hydrogen-bond donors (Lipinski definition) is 1. The molecule has 0 radical (unpaired) electrons. The number of para-hydroxylation sites is 1. The Labute approximate surface area is 195 Å². The molecule has 3 aromatic carbocycles. The van der Waals surface area contributed by atoms with Gasteiger partial charge in [-0.3, -0.25) is 0 Å². The van der Waals surface area contributed by atoms with Gasteiger partial charge in [-0.2, -0.15) is 0 Å². The third-order valence-corrected chi connectivity index (χ3v) is 6.23. The fourth-order valence-corrected chi connectivity index (χ4v) is 4.64. The lowest BCUT2D eigenvalue weighted by Crippen LogP contribution is -2.37. The molecule has 0 unspecified atom stereocenters. The van der Waals surface area contributed by atoms with Crippen LogP contribution < -0.4 is 10.1 Å². The second kappa shape index (κ2) is 8.55. The Kier molecular flexibility index (Phi) is 5.45. The van der Waals surface area contributed by atoms with E-state index in [0.29, 0.717) is 6.54 Å². The number of hydrogen-bond acceptors (Lipinski definition) is 2. The summed E-state index contributed by atoms with van der Waals surface area (Å²) in [5.41, 5.74) is 4.97. The zero-order chi connectivity index (χ0) is 22.1. The average Bonchev–Trinajstić information content (AvgIpc) is 3.23. The summed E-state index contributed by atoms with van der Waals surface area (Å²) >= 11 is 3.48. The fourth-order valence-electron chi connectivity index (χ4n) is 4.24. The molecule has 5 nitrogen and oxygen atoms in total. The largest absolute Gasteiger partial charge is 0.497 e. The third-order valence-electron chi connectivity index (χ3n) is 5.73. The van der Waals surface area contributed by atoms with Crippen LogP contribution in [0.3, 0.4) is 0 Å². The number of fused-ring (bicyclic) bond motifs is 3. The minimum atomic E-state index is -0.268. The molecule has 2 heterocycles. The molecule has 1 atom stereocenters. The lowest BCUT2D eigenvalue weighted by atomic mass is 10.0. The molecule has 0 aliphatic carbocycles. The normalized spacial score (nSPS) is 14.8. The second-order valence-corrected chi connectivity index (χ2v) is 8.59. The highest BCUT2D eigenvalue weighted by Crippen LogP contribution is 2.37. The second-order valence-electron chi connectivity index (χ2n) is 7.68. The number of halogens is 1. The standard InChI is InChI=1S/C26H22BrN3O2/c1-32-22-13-11-18(12-14-22)25-24-10-5-15-29(24)23-9-3-2-6-19(23)17-30(25)26(31)28-21-8-4-7-20(27)16-21/h2-16,25H,17H2,1H3,(H,28,31)/t25-/m1/s1. The van der Waals surface area contributed by atoms with Gasteiger partial charge in [0.1, 0.15) is 5.75 Å². The molecule has 0 spiro atoms. The fraction of sp³-hybridized carbons (Fsp3) is 0.115. The molecule has 4 aromatic rings. The van der Waals surface area contributed by atoms with Crippen molar-refractivity contribution in [1.82, 2.24) is 9.47 Å². The van der Waals surface area contributed by atoms with E-state index < -0.39 is 0 Å². The van der Waals surface area contributed by atoms with Crippen molar-refractivity contribution in [2.45, 2.75) is 12.6 Å². The summed E-state index contributed by atoms with van der Waals surface area (Å²) in [5.74, 6) is 0.783. The lowest BCUT2D eigenvalue weighted by Gasteiger charge is -2.31. The van der Waals surface area contributed by atoms with Crippen LogP contribution in [0.1, 0.15) is 22.9 Å². The summed E-state index contributed by atoms with van der Waals surface area (Å²) in [6.45, 7) is 0.481. The van der Waals surface area contributed by atoms with E-state index >= 15 is 0 Å². The number of rotatable bonds is 3. The van der Waals surface area contributed by atoms with Gasteiger partial charge in [0.25, 0.3) is 0 Å². The first-order chi connectivity index (χ1) is 15.6. The van der Waals surface area contributed by atoms with E-state index in [4.69, 9.17) is 4.74 Å². The molecule has 1 aliphatic heterocycles. The van der Waals surface area contributed by atoms with Crippen molar-refractivity contribution in [2.75, 3.05) is 12.4 Å². The van der Waals surface area contributed by atoms with Crippen molar-refractivity contribution in [1.29, 1.82) is 0 Å². The number of carbonyl (C=O) groups is 1. The summed E-state index contributed by atoms with van der Waals surface area (Å²) in [6.07, 6.45) is 2.06. The van der Waals surface area contributed by atoms with E-state index in [-0.39, 0.29) is 12.1 Å². The Morgan fingerprint density at radius 2 is 1.81 bits per heavy atom. The Balaban J connectivity index is 1.62. The number of nitrogens with one attached hydrogen (secondary N) is 1. The zero-order valence-electron chi connectivity index (χ0n) is 17.5. The van der Waals surface area contributed by atoms with Gasteiger partial charge in [0.05, 0.1) is 25.4 Å². The van der Waals surface area contributed by atoms with E-state index in [1.54, 1.807) is 7.11 Å². The molecule has 5 rings (SSSR count). The first-order valence-electron chi connectivity index (χ1n) is 10.4. The van der Waals surface area contributed by atoms with E-state index in [0.717, 1.165) is 38.4 Å². The monoisotopic (exact) mass is 487 g/mol. The number of methoxy groups -OCH3 is 1. The van der Waals surface area contributed by atoms with Gasteiger partial charge in [-0.05, 0) is 59.7 Å². The van der Waals surface area contributed by atoms with Crippen LogP contribution in [0.4, 0.5) is 10.5 Å². The molecule has 0 saturated heterocycles. The molecule has 2 amide bonds. The Morgan fingerprint density at radius 1 is 1.00 bits per heavy atom. The third kappa shape index (κ3) is 3.78. The quantitative estimate of drug-likeness (QED) is 0.364. The molecular weight excluding hydrogens is 466 g/mol. The molecule has 0 bridgehead atoms. The molecule has 32 heavy (non-hydrogen) atoms. The van der Waals surface area contributed by atoms with Crippen molar-refractivity contribution in [2.24, 2.45) is 0 Å². The highest BCUT2D eigenvalue weighted by molar-refractivity contribution is 9.10. The SMILES string of the molecule is COc1ccc([C@@H]2c3cccn3-c3ccccc3CN2C(=O)Nc2cccc(Br)c2)cc1. The van der Waals surface area contributed by atoms with Gasteiger partial charge in [0, 0.05) is 22.1 Å². The van der Waals surface area contributed by atoms with Crippen LogP contribution in [-0.4, -0.2) is 22.6 Å². The van der Waals surface area contributed by atoms with Crippen molar-refractivity contribution in [3.05, 3.63) is 112 Å². The molecular formula is C26H22BrN3O2. The lowest BCUT2D eigenvalue weighted by molar-refractivity contribution is 0.194. The van der Waals surface area contributed by atoms with Gasteiger partial charge >= 0.3 is 6.03 Å². The van der Waals surface area contributed by atoms with Crippen molar-refractivity contribution >= 4 is 27.6 Å². The maximum absolute atomic E-state index is 13.6. The Bertz CT molecular complexity index is 1270. The summed E-state index contributed by atoms with van der Waals surface area (Å²) in [5, 5.41) is 3.08. The molecule has 160 valence electrons. The highest BCUT2D eigenvalue weighted by Gasteiger charge is 2.33. The van der Waals surface area contributed by atoms with Crippen LogP contribution in [0.2, 0.25) is 0 Å². The number of ether oxygens (including phenoxy) is 1. The topological polar surface area (TPSA) is 46.5 Å². The summed E-state index contributed by atoms with van der Waals surface area (Å²) in [7, 11) is 1.65. The van der Waals surface area contributed by atoms with Crippen LogP contribution in [0.25, 0.3) is 5.69 Å². The van der Waals surface area contributed by atoms with Crippen LogP contribution in [0.15, 0.2) is 95.6 Å². The first-order valence-corrected chi connectivity index (χ1v) is 11.2. The molecule has 1 aromatic heterocycles. The van der Waals surface area contributed by atoms with Crippen molar-refractivity contribution < 1.29 is 9.53 Å². The number of anilines is 1. The number of benzene rings is 3. The molecule has 1 N–H and O–H groups in total. The zero-order valence-corrected chi connectivity index (χ0v) is 19.1. The van der Waals surface area contributed by atoms with Crippen molar-refractivity contribution in [3.8, 4) is 11.4 Å². The first kappa shape index (κ1) is 20.4. The van der Waals surface area contributed by atoms with Gasteiger partial charge in [-0.1, -0.05) is 52.3 Å². The van der Waals surface area contributed by atoms with E-state index in [1.807, 2.05) is 71.6 Å².